The van der Waals surface area contributed by atoms with E-state index in [1.165, 1.54) is 130 Å². The number of ether oxygens (including phenoxy) is 4. The molecular formula is C72H58O4. The maximum absolute atomic E-state index is 5.77. The molecule has 4 nitrogen and oxygen atoms in total. The highest BCUT2D eigenvalue weighted by Crippen LogP contribution is 2.56. The molecule has 0 aliphatic carbocycles. The lowest BCUT2D eigenvalue weighted by atomic mass is 9.76. The van der Waals surface area contributed by atoms with E-state index < -0.39 is 0 Å². The average molecular weight is 987 g/mol. The summed E-state index contributed by atoms with van der Waals surface area (Å²) in [5.74, 6) is 3.33. The second kappa shape index (κ2) is 16.4. The molecule has 0 radical (unpaired) electrons. The van der Waals surface area contributed by atoms with Gasteiger partial charge in [-0.3, -0.25) is 0 Å². The van der Waals surface area contributed by atoms with Crippen molar-refractivity contribution in [2.75, 3.05) is 28.4 Å². The number of fused-ring (bicyclic) bond motifs is 4. The van der Waals surface area contributed by atoms with Crippen molar-refractivity contribution >= 4 is 97.0 Å². The van der Waals surface area contributed by atoms with E-state index in [1.54, 1.807) is 28.4 Å². The molecule has 0 aromatic heterocycles. The summed E-state index contributed by atoms with van der Waals surface area (Å²) < 4.78 is 23.1. The molecule has 0 aliphatic rings. The molecule has 0 heterocycles. The largest absolute Gasteiger partial charge is 0.497 e. The van der Waals surface area contributed by atoms with Crippen LogP contribution in [0.25, 0.3) is 141 Å². The normalized spacial score (nSPS) is 12.6. The van der Waals surface area contributed by atoms with E-state index in [9.17, 15) is 0 Å². The lowest BCUT2D eigenvalue weighted by Crippen LogP contribution is -2.11. The van der Waals surface area contributed by atoms with E-state index in [4.69, 9.17) is 18.9 Å². The third-order valence-electron chi connectivity index (χ3n) is 16.7. The summed E-state index contributed by atoms with van der Waals surface area (Å²) in [5, 5.41) is 22.6. The summed E-state index contributed by atoms with van der Waals surface area (Å²) in [6.45, 7) is 13.9. The van der Waals surface area contributed by atoms with Crippen LogP contribution in [0.4, 0.5) is 0 Å². The second-order valence-electron chi connectivity index (χ2n) is 23.0. The summed E-state index contributed by atoms with van der Waals surface area (Å²) >= 11 is 0. The monoisotopic (exact) mass is 986 g/mol. The van der Waals surface area contributed by atoms with E-state index >= 15 is 0 Å². The zero-order chi connectivity index (χ0) is 52.1. The van der Waals surface area contributed by atoms with Crippen molar-refractivity contribution in [3.63, 3.8) is 0 Å². The first-order valence-corrected chi connectivity index (χ1v) is 26.4. The van der Waals surface area contributed by atoms with Crippen LogP contribution in [0.3, 0.4) is 0 Å². The van der Waals surface area contributed by atoms with Gasteiger partial charge >= 0.3 is 0 Å². The van der Waals surface area contributed by atoms with Crippen LogP contribution in [-0.4, -0.2) is 28.4 Å². The minimum Gasteiger partial charge on any atom is -0.497 e. The van der Waals surface area contributed by atoms with Crippen molar-refractivity contribution in [3.8, 4) is 67.5 Å². The minimum atomic E-state index is -0.0738. The molecule has 0 N–H and O–H groups in total. The summed E-state index contributed by atoms with van der Waals surface area (Å²) in [7, 11) is 6.96. The van der Waals surface area contributed by atoms with Gasteiger partial charge in [0.15, 0.2) is 0 Å². The Bertz CT molecular complexity index is 4060. The third-order valence-corrected chi connectivity index (χ3v) is 16.7. The maximum atomic E-state index is 5.77. The molecule has 0 spiro atoms. The third kappa shape index (κ3) is 6.69. The summed E-state index contributed by atoms with van der Waals surface area (Å²) in [5.41, 5.74) is 11.9. The van der Waals surface area contributed by atoms with Gasteiger partial charge in [0.1, 0.15) is 23.0 Å². The van der Waals surface area contributed by atoms with Crippen molar-refractivity contribution in [1.82, 2.24) is 0 Å². The van der Waals surface area contributed by atoms with Crippen LogP contribution in [0.15, 0.2) is 170 Å². The Morgan fingerprint density at radius 2 is 0.461 bits per heavy atom. The van der Waals surface area contributed by atoms with Crippen LogP contribution < -0.4 is 18.9 Å². The fraction of sp³-hybridized carbons (Fsp3) is 0.167. The smallest absolute Gasteiger partial charge is 0.118 e. The standard InChI is InChI=1S/C72H58O4/c1-71(2,3)47-31-43-35-57(39-11-19-49(73-7)20-12-39)65-53-27-29-55-64-56(30-28-54(63(53)64)66-58(36-44(32-47)61(43)69(65)66)40-13-21-50(74-8)22-14-40)68-60(42-17-25-52(76-10)26-18-42)38-46-34-48(72(4,5)6)33-45-37-59(67(55)70(68)62(45)46)41-15-23-51(75-9)24-16-41/h11-38H,1-10H3. The molecule has 14 aromatic carbocycles. The van der Waals surface area contributed by atoms with Crippen LogP contribution in [0.1, 0.15) is 52.7 Å². The lowest BCUT2D eigenvalue weighted by molar-refractivity contribution is 0.415. The zero-order valence-electron chi connectivity index (χ0n) is 44.8. The van der Waals surface area contributed by atoms with Crippen molar-refractivity contribution in [3.05, 3.63) is 181 Å². The van der Waals surface area contributed by atoms with Gasteiger partial charge in [-0.15, -0.1) is 0 Å². The summed E-state index contributed by atoms with van der Waals surface area (Å²) in [6, 6.07) is 64.1. The molecule has 0 unspecified atom stereocenters. The van der Waals surface area contributed by atoms with Gasteiger partial charge in [0.2, 0.25) is 0 Å². The van der Waals surface area contributed by atoms with Gasteiger partial charge in [-0.1, -0.05) is 139 Å². The van der Waals surface area contributed by atoms with E-state index in [1.807, 2.05) is 0 Å². The Kier molecular flexibility index (Phi) is 9.95. The van der Waals surface area contributed by atoms with Crippen LogP contribution in [0.2, 0.25) is 0 Å². The Labute approximate surface area is 443 Å². The van der Waals surface area contributed by atoms with Crippen LogP contribution in [0.5, 0.6) is 23.0 Å². The first-order valence-electron chi connectivity index (χ1n) is 26.4. The van der Waals surface area contributed by atoms with Gasteiger partial charge < -0.3 is 18.9 Å². The molecule has 0 bridgehead atoms. The van der Waals surface area contributed by atoms with Gasteiger partial charge in [0.25, 0.3) is 0 Å². The maximum Gasteiger partial charge on any atom is 0.118 e. The lowest BCUT2D eigenvalue weighted by Gasteiger charge is -2.27. The van der Waals surface area contributed by atoms with Crippen molar-refractivity contribution in [2.45, 2.75) is 52.4 Å². The molecule has 14 aromatic rings. The highest BCUT2D eigenvalue weighted by atomic mass is 16.5. The van der Waals surface area contributed by atoms with Gasteiger partial charge in [-0.25, -0.2) is 0 Å². The van der Waals surface area contributed by atoms with Crippen molar-refractivity contribution in [1.29, 1.82) is 0 Å². The van der Waals surface area contributed by atoms with E-state index in [2.05, 4.69) is 211 Å². The molecule has 4 heteroatoms. The topological polar surface area (TPSA) is 36.9 Å². The Balaban J connectivity index is 1.26. The quantitative estimate of drug-likeness (QED) is 0.112. The summed E-state index contributed by atoms with van der Waals surface area (Å²) in [4.78, 5) is 0. The molecule has 0 aliphatic heterocycles. The number of hydrogen-bond acceptors (Lipinski definition) is 4. The van der Waals surface area contributed by atoms with E-state index in [0.29, 0.717) is 0 Å². The second-order valence-corrected chi connectivity index (χ2v) is 23.0. The first kappa shape index (κ1) is 46.0. The van der Waals surface area contributed by atoms with Gasteiger partial charge in [-0.05, 0) is 236 Å². The predicted molar refractivity (Wildman–Crippen MR) is 323 cm³/mol. The highest BCUT2D eigenvalue weighted by Gasteiger charge is 2.29. The molecule has 0 amide bonds. The number of rotatable bonds is 8. The van der Waals surface area contributed by atoms with E-state index in [0.717, 1.165) is 45.3 Å². The van der Waals surface area contributed by atoms with Crippen molar-refractivity contribution in [2.24, 2.45) is 0 Å². The number of hydrogen-bond donors (Lipinski definition) is 0. The van der Waals surface area contributed by atoms with Crippen LogP contribution >= 0.6 is 0 Å². The molecular weight excluding hydrogens is 929 g/mol. The molecule has 0 saturated heterocycles. The number of benzene rings is 14. The summed E-state index contributed by atoms with van der Waals surface area (Å²) in [6.07, 6.45) is 0. The fourth-order valence-electron chi connectivity index (χ4n) is 12.9. The SMILES string of the molecule is COc1ccc(-c2cc3cc(C(C)(C)C)cc4cc(-c5ccc(OC)cc5)c5c6ccc7c8c(-c9ccc(OC)cc9)cc9cc(C(C)(C)C)cc%10cc(-c%11ccc(OC)cc%11)c(c%11ccc(c2c5c34)c6c%117)c8c%109)cc1. The Hall–Kier alpha value is -8.60. The Morgan fingerprint density at radius 3 is 0.658 bits per heavy atom. The molecule has 0 fully saturated rings. The van der Waals surface area contributed by atoms with Crippen molar-refractivity contribution < 1.29 is 18.9 Å². The van der Waals surface area contributed by atoms with Crippen LogP contribution in [-0.2, 0) is 10.8 Å². The van der Waals surface area contributed by atoms with Gasteiger partial charge in [0, 0.05) is 0 Å². The molecule has 0 atom stereocenters. The van der Waals surface area contributed by atoms with Gasteiger partial charge in [0.05, 0.1) is 28.4 Å². The van der Waals surface area contributed by atoms with Crippen LogP contribution in [0, 0.1) is 0 Å². The molecule has 370 valence electrons. The average Bonchev–Trinajstić information content (AvgIpc) is 3.64. The predicted octanol–water partition coefficient (Wildman–Crippen LogP) is 19.7. The molecule has 0 saturated carbocycles. The number of methoxy groups -OCH3 is 4. The van der Waals surface area contributed by atoms with Gasteiger partial charge in [-0.2, -0.15) is 0 Å². The zero-order valence-corrected chi connectivity index (χ0v) is 44.8. The molecule has 76 heavy (non-hydrogen) atoms. The Morgan fingerprint density at radius 1 is 0.237 bits per heavy atom. The van der Waals surface area contributed by atoms with E-state index in [-0.39, 0.29) is 10.8 Å². The minimum absolute atomic E-state index is 0.0738. The first-order chi connectivity index (χ1) is 36.7. The fourth-order valence-corrected chi connectivity index (χ4v) is 12.9. The molecule has 14 rings (SSSR count). The highest BCUT2D eigenvalue weighted by molar-refractivity contribution is 6.48.